The van der Waals surface area contributed by atoms with Crippen molar-refractivity contribution in [2.24, 2.45) is 0 Å². The van der Waals surface area contributed by atoms with Crippen molar-refractivity contribution in [1.82, 2.24) is 25.5 Å². The monoisotopic (exact) mass is 512 g/mol. The highest BCUT2D eigenvalue weighted by molar-refractivity contribution is 9.10. The van der Waals surface area contributed by atoms with Gasteiger partial charge in [-0.3, -0.25) is 19.7 Å². The number of piperidine rings is 2. The Labute approximate surface area is 200 Å². The van der Waals surface area contributed by atoms with Crippen molar-refractivity contribution < 1.29 is 14.4 Å². The number of halogens is 1. The van der Waals surface area contributed by atoms with E-state index >= 15 is 0 Å². The third kappa shape index (κ3) is 4.37. The maximum atomic E-state index is 13.2. The van der Waals surface area contributed by atoms with Gasteiger partial charge in [0.1, 0.15) is 16.5 Å². The number of benzene rings is 1. The summed E-state index contributed by atoms with van der Waals surface area (Å²) in [5, 5.41) is 5.77. The number of hydrogen-bond donors (Lipinski definition) is 2. The van der Waals surface area contributed by atoms with E-state index in [1.807, 2.05) is 18.2 Å². The Morgan fingerprint density at radius 2 is 1.91 bits per heavy atom. The van der Waals surface area contributed by atoms with Gasteiger partial charge in [0.25, 0.3) is 5.91 Å². The normalized spacial score (nSPS) is 21.2. The van der Waals surface area contributed by atoms with Crippen molar-refractivity contribution >= 4 is 39.5 Å². The first-order valence-electron chi connectivity index (χ1n) is 11.2. The summed E-state index contributed by atoms with van der Waals surface area (Å²) in [5.41, 5.74) is 2.61. The first kappa shape index (κ1) is 22.0. The van der Waals surface area contributed by atoms with Gasteiger partial charge in [-0.2, -0.15) is 0 Å². The number of carbonyl (C=O) groups excluding carboxylic acids is 3. The average molecular weight is 513 g/mol. The maximum Gasteiger partial charge on any atom is 0.255 e. The molecule has 1 unspecified atom stereocenters. The second kappa shape index (κ2) is 9.18. The molecule has 3 aliphatic heterocycles. The zero-order valence-electron chi connectivity index (χ0n) is 18.1. The van der Waals surface area contributed by atoms with Crippen LogP contribution in [0.5, 0.6) is 0 Å². The zero-order valence-corrected chi connectivity index (χ0v) is 19.7. The van der Waals surface area contributed by atoms with Crippen molar-refractivity contribution in [3.05, 3.63) is 51.9 Å². The molecule has 9 nitrogen and oxygen atoms in total. The number of hydrogen-bond acceptors (Lipinski definition) is 7. The van der Waals surface area contributed by atoms with Crippen LogP contribution in [0.4, 0.5) is 5.82 Å². The van der Waals surface area contributed by atoms with E-state index < -0.39 is 11.9 Å². The summed E-state index contributed by atoms with van der Waals surface area (Å²) in [6.45, 7) is 2.85. The number of imide groups is 1. The number of aromatic nitrogens is 2. The number of carbonyl (C=O) groups is 3. The molecule has 2 saturated heterocycles. The van der Waals surface area contributed by atoms with Crippen LogP contribution in [0.3, 0.4) is 0 Å². The number of amides is 3. The Morgan fingerprint density at radius 3 is 2.64 bits per heavy atom. The predicted molar refractivity (Wildman–Crippen MR) is 124 cm³/mol. The summed E-state index contributed by atoms with van der Waals surface area (Å²) in [7, 11) is 0. The van der Waals surface area contributed by atoms with E-state index in [0.29, 0.717) is 35.7 Å². The van der Waals surface area contributed by atoms with Crippen molar-refractivity contribution in [2.45, 2.75) is 50.9 Å². The lowest BCUT2D eigenvalue weighted by molar-refractivity contribution is -0.136. The van der Waals surface area contributed by atoms with E-state index in [-0.39, 0.29) is 18.2 Å². The molecular formula is C23H25BrN6O3. The molecule has 0 saturated carbocycles. The van der Waals surface area contributed by atoms with E-state index in [4.69, 9.17) is 0 Å². The first-order valence-corrected chi connectivity index (χ1v) is 12.0. The molecule has 10 heteroatoms. The van der Waals surface area contributed by atoms with Crippen LogP contribution in [0.25, 0.3) is 0 Å². The highest BCUT2D eigenvalue weighted by Crippen LogP contribution is 2.32. The summed E-state index contributed by atoms with van der Waals surface area (Å²) in [6.07, 6.45) is 6.07. The fourth-order valence-electron chi connectivity index (χ4n) is 4.95. The SMILES string of the molecule is O=C1CCC(N2Cc3c(CN(c4cnc(Br)cn4)C4CCNCC4)cccc3C2=O)C(=O)N1. The van der Waals surface area contributed by atoms with E-state index in [1.54, 1.807) is 17.3 Å². The molecule has 2 N–H and O–H groups in total. The molecule has 4 heterocycles. The predicted octanol–water partition coefficient (Wildman–Crippen LogP) is 1.76. The highest BCUT2D eigenvalue weighted by Gasteiger charge is 2.40. The number of nitrogens with one attached hydrogen (secondary N) is 2. The quantitative estimate of drug-likeness (QED) is 0.587. The molecule has 0 aliphatic carbocycles. The summed E-state index contributed by atoms with van der Waals surface area (Å²) < 4.78 is 0.683. The topological polar surface area (TPSA) is 108 Å². The van der Waals surface area contributed by atoms with Gasteiger partial charge in [-0.25, -0.2) is 9.97 Å². The van der Waals surface area contributed by atoms with Crippen LogP contribution < -0.4 is 15.5 Å². The van der Waals surface area contributed by atoms with Gasteiger partial charge in [0.2, 0.25) is 11.8 Å². The van der Waals surface area contributed by atoms with Crippen molar-refractivity contribution in [3.63, 3.8) is 0 Å². The van der Waals surface area contributed by atoms with Crippen molar-refractivity contribution in [2.75, 3.05) is 18.0 Å². The summed E-state index contributed by atoms with van der Waals surface area (Å²) >= 11 is 3.36. The minimum Gasteiger partial charge on any atom is -0.348 e. The summed E-state index contributed by atoms with van der Waals surface area (Å²) in [4.78, 5) is 50.0. The number of rotatable bonds is 5. The second-order valence-corrected chi connectivity index (χ2v) is 9.46. The van der Waals surface area contributed by atoms with Crippen LogP contribution in [0.15, 0.2) is 35.2 Å². The van der Waals surface area contributed by atoms with Crippen molar-refractivity contribution in [3.8, 4) is 0 Å². The lowest BCUT2D eigenvalue weighted by atomic mass is 10.00. The standard InChI is InChI=1S/C23H25BrN6O3/c24-19-10-27-20(11-26-19)29(15-6-8-25-9-7-15)12-14-2-1-3-16-17(14)13-30(23(16)33)18-4-5-21(31)28-22(18)32/h1-3,10-11,15,18,25H,4-9,12-13H2,(H,28,31,32). The van der Waals surface area contributed by atoms with Crippen LogP contribution in [-0.4, -0.2) is 57.8 Å². The minimum absolute atomic E-state index is 0.154. The van der Waals surface area contributed by atoms with Gasteiger partial charge < -0.3 is 15.1 Å². The van der Waals surface area contributed by atoms with Gasteiger partial charge in [-0.1, -0.05) is 12.1 Å². The van der Waals surface area contributed by atoms with Gasteiger partial charge in [-0.05, 0) is 65.5 Å². The molecule has 0 bridgehead atoms. The Morgan fingerprint density at radius 1 is 1.09 bits per heavy atom. The van der Waals surface area contributed by atoms with Crippen LogP contribution >= 0.6 is 15.9 Å². The largest absolute Gasteiger partial charge is 0.348 e. The van der Waals surface area contributed by atoms with Crippen LogP contribution in [0.2, 0.25) is 0 Å². The molecule has 0 radical (unpaired) electrons. The fourth-order valence-corrected chi connectivity index (χ4v) is 5.16. The number of anilines is 1. The van der Waals surface area contributed by atoms with E-state index in [0.717, 1.165) is 42.9 Å². The van der Waals surface area contributed by atoms with Gasteiger partial charge in [-0.15, -0.1) is 0 Å². The first-order chi connectivity index (χ1) is 16.0. The zero-order chi connectivity index (χ0) is 22.9. The third-order valence-electron chi connectivity index (χ3n) is 6.67. The lowest BCUT2D eigenvalue weighted by Crippen LogP contribution is -2.52. The van der Waals surface area contributed by atoms with Crippen LogP contribution in [-0.2, 0) is 22.7 Å². The van der Waals surface area contributed by atoms with Crippen molar-refractivity contribution in [1.29, 1.82) is 0 Å². The fraction of sp³-hybridized carbons (Fsp3) is 0.435. The van der Waals surface area contributed by atoms with E-state index in [2.05, 4.69) is 41.4 Å². The summed E-state index contributed by atoms with van der Waals surface area (Å²) in [6, 6.07) is 5.45. The molecule has 2 aromatic rings. The molecule has 1 aromatic heterocycles. The Hall–Kier alpha value is -2.85. The minimum atomic E-state index is -0.617. The summed E-state index contributed by atoms with van der Waals surface area (Å²) in [5.74, 6) is -0.0306. The molecule has 33 heavy (non-hydrogen) atoms. The average Bonchev–Trinajstić information content (AvgIpc) is 3.16. The Kier molecular flexibility index (Phi) is 6.11. The molecule has 3 amide bonds. The molecule has 1 aromatic carbocycles. The molecule has 2 fully saturated rings. The van der Waals surface area contributed by atoms with E-state index in [9.17, 15) is 14.4 Å². The molecule has 0 spiro atoms. The molecule has 1 atom stereocenters. The van der Waals surface area contributed by atoms with Crippen LogP contribution in [0, 0.1) is 0 Å². The second-order valence-electron chi connectivity index (χ2n) is 8.65. The van der Waals surface area contributed by atoms with Gasteiger partial charge >= 0.3 is 0 Å². The Bertz CT molecular complexity index is 1090. The molecular weight excluding hydrogens is 488 g/mol. The van der Waals surface area contributed by atoms with Crippen LogP contribution in [0.1, 0.15) is 47.2 Å². The lowest BCUT2D eigenvalue weighted by Gasteiger charge is -2.36. The smallest absolute Gasteiger partial charge is 0.255 e. The molecule has 3 aliphatic rings. The maximum absolute atomic E-state index is 13.2. The Balaban J connectivity index is 1.43. The molecule has 172 valence electrons. The number of fused-ring (bicyclic) bond motifs is 1. The highest BCUT2D eigenvalue weighted by atomic mass is 79.9. The van der Waals surface area contributed by atoms with Gasteiger partial charge in [0.15, 0.2) is 0 Å². The van der Waals surface area contributed by atoms with Gasteiger partial charge in [0, 0.05) is 31.1 Å². The molecule has 5 rings (SSSR count). The van der Waals surface area contributed by atoms with E-state index in [1.165, 1.54) is 0 Å². The van der Waals surface area contributed by atoms with Gasteiger partial charge in [0.05, 0.1) is 12.4 Å². The third-order valence-corrected chi connectivity index (χ3v) is 7.08. The number of nitrogens with zero attached hydrogens (tertiary/aromatic N) is 4.